The second-order valence-corrected chi connectivity index (χ2v) is 7.12. The van der Waals surface area contributed by atoms with Crippen molar-refractivity contribution in [1.82, 2.24) is 5.32 Å². The van der Waals surface area contributed by atoms with Gasteiger partial charge >= 0.3 is 6.09 Å². The summed E-state index contributed by atoms with van der Waals surface area (Å²) in [7, 11) is 0. The number of carbonyl (C=O) groups is 2. The van der Waals surface area contributed by atoms with Crippen LogP contribution in [0.15, 0.2) is 60.7 Å². The summed E-state index contributed by atoms with van der Waals surface area (Å²) in [5.74, 6) is 0.577. The van der Waals surface area contributed by atoms with E-state index < -0.39 is 12.1 Å². The summed E-state index contributed by atoms with van der Waals surface area (Å²) in [5, 5.41) is 2.65. The van der Waals surface area contributed by atoms with Crippen LogP contribution in [0.5, 0.6) is 0 Å². The lowest BCUT2D eigenvalue weighted by Crippen LogP contribution is -2.40. The second-order valence-electron chi connectivity index (χ2n) is 6.14. The molecule has 7 heteroatoms. The monoisotopic (exact) mass is 422 g/mol. The van der Waals surface area contributed by atoms with Crippen molar-refractivity contribution in [1.29, 1.82) is 0 Å². The lowest BCUT2D eigenvalue weighted by molar-refractivity contribution is -0.112. The summed E-state index contributed by atoms with van der Waals surface area (Å²) in [6.45, 7) is 0.740. The highest BCUT2D eigenvalue weighted by Gasteiger charge is 2.21. The first-order valence-corrected chi connectivity index (χ1v) is 10.1. The third-order valence-corrected chi connectivity index (χ3v) is 5.01. The Morgan fingerprint density at radius 2 is 1.57 bits per heavy atom. The number of thioether (sulfide) groups is 1. The number of alkyl carbamates (subject to hydrolysis) is 1. The van der Waals surface area contributed by atoms with E-state index in [2.05, 4.69) is 5.32 Å². The molecule has 1 amide bonds. The standard InChI is InChI=1S/C21H26N2O3S.ClH/c22-14-8-7-13-19(20(24)27-16-18-11-5-2-6-12-18)23-21(25)26-15-17-9-3-1-4-10-17;/h1-6,9-12,19H,7-8,13-16,22H2,(H,23,25);1H. The first-order valence-electron chi connectivity index (χ1n) is 9.07. The number of hydrogen-bond acceptors (Lipinski definition) is 5. The van der Waals surface area contributed by atoms with E-state index in [1.807, 2.05) is 60.7 Å². The van der Waals surface area contributed by atoms with Gasteiger partial charge in [-0.3, -0.25) is 4.79 Å². The van der Waals surface area contributed by atoms with Crippen molar-refractivity contribution in [2.75, 3.05) is 6.54 Å². The fourth-order valence-electron chi connectivity index (χ4n) is 2.48. The number of benzene rings is 2. The zero-order chi connectivity index (χ0) is 19.3. The number of carbonyl (C=O) groups excluding carboxylic acids is 2. The lowest BCUT2D eigenvalue weighted by Gasteiger charge is -2.17. The van der Waals surface area contributed by atoms with E-state index in [0.717, 1.165) is 24.0 Å². The highest BCUT2D eigenvalue weighted by Crippen LogP contribution is 2.17. The van der Waals surface area contributed by atoms with Gasteiger partial charge in [0, 0.05) is 5.75 Å². The second kappa shape index (κ2) is 14.0. The summed E-state index contributed by atoms with van der Waals surface area (Å²) in [4.78, 5) is 24.7. The molecule has 0 aliphatic carbocycles. The molecule has 0 heterocycles. The maximum absolute atomic E-state index is 12.6. The normalized spacial score (nSPS) is 11.2. The molecule has 0 aromatic heterocycles. The highest BCUT2D eigenvalue weighted by atomic mass is 35.5. The van der Waals surface area contributed by atoms with E-state index in [-0.39, 0.29) is 24.1 Å². The molecule has 0 bridgehead atoms. The van der Waals surface area contributed by atoms with E-state index in [1.54, 1.807) is 0 Å². The van der Waals surface area contributed by atoms with Gasteiger partial charge in [-0.25, -0.2) is 4.79 Å². The Morgan fingerprint density at radius 1 is 0.964 bits per heavy atom. The first kappa shape index (κ1) is 24.0. The van der Waals surface area contributed by atoms with E-state index in [9.17, 15) is 9.59 Å². The molecule has 5 nitrogen and oxygen atoms in total. The summed E-state index contributed by atoms with van der Waals surface area (Å²) in [6, 6.07) is 18.6. The number of unbranched alkanes of at least 4 members (excludes halogenated alkanes) is 1. The molecule has 0 saturated heterocycles. The maximum Gasteiger partial charge on any atom is 0.408 e. The number of rotatable bonds is 10. The molecule has 152 valence electrons. The fraction of sp³-hybridized carbons (Fsp3) is 0.333. The Kier molecular flexibility index (Phi) is 12.0. The quantitative estimate of drug-likeness (QED) is 0.558. The average molecular weight is 423 g/mol. The van der Waals surface area contributed by atoms with Gasteiger partial charge in [0.1, 0.15) is 12.6 Å². The van der Waals surface area contributed by atoms with Crippen LogP contribution in [0.2, 0.25) is 0 Å². The predicted molar refractivity (Wildman–Crippen MR) is 116 cm³/mol. The number of nitrogens with two attached hydrogens (primary N) is 1. The third kappa shape index (κ3) is 9.26. The summed E-state index contributed by atoms with van der Waals surface area (Å²) in [6.07, 6.45) is 1.56. The van der Waals surface area contributed by atoms with Gasteiger partial charge in [-0.1, -0.05) is 72.4 Å². The van der Waals surface area contributed by atoms with E-state index >= 15 is 0 Å². The van der Waals surface area contributed by atoms with Crippen LogP contribution in [-0.4, -0.2) is 23.8 Å². The minimum atomic E-state index is -0.578. The van der Waals surface area contributed by atoms with Gasteiger partial charge in [-0.15, -0.1) is 12.4 Å². The number of amides is 1. The molecule has 0 aliphatic rings. The number of hydrogen-bond donors (Lipinski definition) is 2. The Hall–Kier alpha value is -2.02. The molecule has 0 spiro atoms. The van der Waals surface area contributed by atoms with Gasteiger partial charge in [0.2, 0.25) is 5.12 Å². The number of halogens is 1. The van der Waals surface area contributed by atoms with Crippen LogP contribution in [0.1, 0.15) is 30.4 Å². The van der Waals surface area contributed by atoms with Crippen LogP contribution in [0.3, 0.4) is 0 Å². The molecule has 0 saturated carbocycles. The van der Waals surface area contributed by atoms with Crippen molar-refractivity contribution < 1.29 is 14.3 Å². The Labute approximate surface area is 176 Å². The van der Waals surface area contributed by atoms with Gasteiger partial charge in [-0.2, -0.15) is 0 Å². The van der Waals surface area contributed by atoms with E-state index in [4.69, 9.17) is 10.5 Å². The Bertz CT molecular complexity index is 701. The van der Waals surface area contributed by atoms with Crippen LogP contribution < -0.4 is 11.1 Å². The lowest BCUT2D eigenvalue weighted by atomic mass is 10.1. The van der Waals surface area contributed by atoms with Crippen molar-refractivity contribution in [2.24, 2.45) is 5.73 Å². The van der Waals surface area contributed by atoms with Gasteiger partial charge in [0.15, 0.2) is 0 Å². The number of nitrogens with one attached hydrogen (secondary N) is 1. The van der Waals surface area contributed by atoms with Crippen molar-refractivity contribution >= 4 is 35.4 Å². The van der Waals surface area contributed by atoms with E-state index in [1.165, 1.54) is 11.8 Å². The fourth-order valence-corrected chi connectivity index (χ4v) is 3.36. The molecule has 2 aromatic carbocycles. The third-order valence-electron chi connectivity index (χ3n) is 3.96. The number of ether oxygens (including phenoxy) is 1. The molecule has 0 aliphatic heterocycles. The summed E-state index contributed by atoms with van der Waals surface area (Å²) >= 11 is 1.21. The van der Waals surface area contributed by atoms with Crippen molar-refractivity contribution in [3.05, 3.63) is 71.8 Å². The smallest absolute Gasteiger partial charge is 0.408 e. The summed E-state index contributed by atoms with van der Waals surface area (Å²) < 4.78 is 5.24. The van der Waals surface area contributed by atoms with Crippen LogP contribution in [0.4, 0.5) is 4.79 Å². The van der Waals surface area contributed by atoms with Gasteiger partial charge in [-0.05, 0) is 36.9 Å². The maximum atomic E-state index is 12.6. The van der Waals surface area contributed by atoms with Crippen molar-refractivity contribution in [3.63, 3.8) is 0 Å². The van der Waals surface area contributed by atoms with Crippen LogP contribution in [0.25, 0.3) is 0 Å². The minimum absolute atomic E-state index is 0. The minimum Gasteiger partial charge on any atom is -0.445 e. The van der Waals surface area contributed by atoms with Gasteiger partial charge < -0.3 is 15.8 Å². The molecule has 2 aromatic rings. The average Bonchev–Trinajstić information content (AvgIpc) is 2.71. The topological polar surface area (TPSA) is 81.4 Å². The molecular weight excluding hydrogens is 396 g/mol. The molecule has 3 N–H and O–H groups in total. The molecule has 1 atom stereocenters. The van der Waals surface area contributed by atoms with Crippen molar-refractivity contribution in [3.8, 4) is 0 Å². The van der Waals surface area contributed by atoms with Gasteiger partial charge in [0.25, 0.3) is 0 Å². The molecular formula is C21H27ClN2O3S. The highest BCUT2D eigenvalue weighted by molar-refractivity contribution is 8.13. The first-order chi connectivity index (χ1) is 13.2. The Morgan fingerprint density at radius 3 is 2.18 bits per heavy atom. The SMILES string of the molecule is Cl.NCCCCC(NC(=O)OCc1ccccc1)C(=O)SCc1ccccc1. The predicted octanol–water partition coefficient (Wildman–Crippen LogP) is 4.29. The van der Waals surface area contributed by atoms with Gasteiger partial charge in [0.05, 0.1) is 0 Å². The summed E-state index contributed by atoms with van der Waals surface area (Å²) in [5.41, 5.74) is 7.51. The van der Waals surface area contributed by atoms with E-state index in [0.29, 0.717) is 18.7 Å². The molecule has 1 unspecified atom stereocenters. The van der Waals surface area contributed by atoms with Crippen LogP contribution >= 0.6 is 24.2 Å². The molecule has 28 heavy (non-hydrogen) atoms. The molecule has 0 fully saturated rings. The van der Waals surface area contributed by atoms with Crippen molar-refractivity contribution in [2.45, 2.75) is 37.7 Å². The molecule has 2 rings (SSSR count). The zero-order valence-corrected chi connectivity index (χ0v) is 17.3. The van der Waals surface area contributed by atoms with Crippen LogP contribution in [-0.2, 0) is 21.9 Å². The largest absolute Gasteiger partial charge is 0.445 e. The molecule has 0 radical (unpaired) electrons. The Balaban J connectivity index is 0.00000392. The zero-order valence-electron chi connectivity index (χ0n) is 15.7. The van der Waals surface area contributed by atoms with Crippen LogP contribution in [0, 0.1) is 0 Å².